The van der Waals surface area contributed by atoms with Crippen molar-refractivity contribution in [3.05, 3.63) is 43.8 Å². The standard InChI is InChI=1S/C28H36INO5/c1-4-14-35-28-19(29)16-18(17-24(28)34-5-2)25-26-20(9-6-11-22(26)31)30(13-8-15-33-3)21-10-7-12-23(32)27(21)25/h16-17,25H,4-15H2,1-3H3. The number of methoxy groups -OCH3 is 1. The molecule has 1 aromatic rings. The van der Waals surface area contributed by atoms with Crippen molar-refractivity contribution in [2.45, 2.75) is 71.1 Å². The van der Waals surface area contributed by atoms with E-state index in [1.165, 1.54) is 0 Å². The van der Waals surface area contributed by atoms with Crippen molar-refractivity contribution < 1.29 is 23.8 Å². The Kier molecular flexibility index (Phi) is 8.92. The number of Topliss-reactive ketones (excluding diaryl/α,β-unsaturated/α-hetero) is 2. The van der Waals surface area contributed by atoms with Gasteiger partial charge in [0.25, 0.3) is 0 Å². The van der Waals surface area contributed by atoms with Crippen molar-refractivity contribution in [3.8, 4) is 11.5 Å². The van der Waals surface area contributed by atoms with Gasteiger partial charge in [0, 0.05) is 61.6 Å². The molecule has 0 unspecified atom stereocenters. The van der Waals surface area contributed by atoms with Crippen LogP contribution in [0.15, 0.2) is 34.7 Å². The molecule has 0 saturated carbocycles. The number of hydrogen-bond acceptors (Lipinski definition) is 6. The maximum atomic E-state index is 13.5. The fourth-order valence-electron chi connectivity index (χ4n) is 5.55. The van der Waals surface area contributed by atoms with Gasteiger partial charge in [-0.25, -0.2) is 0 Å². The van der Waals surface area contributed by atoms with Gasteiger partial charge in [0.05, 0.1) is 16.8 Å². The molecule has 0 atom stereocenters. The molecular formula is C28H36INO5. The quantitative estimate of drug-likeness (QED) is 0.248. The number of carbonyl (C=O) groups is 2. The average molecular weight is 594 g/mol. The zero-order chi connectivity index (χ0) is 24.9. The third-order valence-electron chi connectivity index (χ3n) is 6.93. The minimum atomic E-state index is -0.341. The molecule has 1 heterocycles. The Labute approximate surface area is 222 Å². The lowest BCUT2D eigenvalue weighted by Crippen LogP contribution is -2.39. The van der Waals surface area contributed by atoms with Gasteiger partial charge in [0.1, 0.15) is 0 Å². The van der Waals surface area contributed by atoms with Gasteiger partial charge in [0.2, 0.25) is 0 Å². The molecule has 0 bridgehead atoms. The SMILES string of the molecule is CCCOc1c(I)cc(C2C3=C(CCCC3=O)N(CCCOC)C3=C2C(=O)CCC3)cc1OCC. The Morgan fingerprint density at radius 3 is 2.17 bits per heavy atom. The summed E-state index contributed by atoms with van der Waals surface area (Å²) >= 11 is 2.29. The second-order valence-electron chi connectivity index (χ2n) is 9.32. The first-order valence-electron chi connectivity index (χ1n) is 12.9. The van der Waals surface area contributed by atoms with E-state index in [0.717, 1.165) is 82.5 Å². The van der Waals surface area contributed by atoms with E-state index in [9.17, 15) is 9.59 Å². The molecule has 6 nitrogen and oxygen atoms in total. The summed E-state index contributed by atoms with van der Waals surface area (Å²) in [7, 11) is 1.71. The molecule has 0 radical (unpaired) electrons. The second kappa shape index (κ2) is 11.9. The summed E-state index contributed by atoms with van der Waals surface area (Å²) < 4.78 is 18.3. The molecule has 1 aromatic carbocycles. The number of nitrogens with zero attached hydrogens (tertiary/aromatic N) is 1. The number of hydrogen-bond donors (Lipinski definition) is 0. The summed E-state index contributed by atoms with van der Waals surface area (Å²) in [4.78, 5) is 29.2. The largest absolute Gasteiger partial charge is 0.490 e. The van der Waals surface area contributed by atoms with Gasteiger partial charge in [-0.05, 0) is 85.7 Å². The fraction of sp³-hybridized carbons (Fsp3) is 0.571. The van der Waals surface area contributed by atoms with Crippen LogP contribution in [0.25, 0.3) is 0 Å². The summed E-state index contributed by atoms with van der Waals surface area (Å²) in [5, 5.41) is 0. The first-order valence-corrected chi connectivity index (χ1v) is 14.0. The normalized spacial score (nSPS) is 18.7. The van der Waals surface area contributed by atoms with E-state index in [0.29, 0.717) is 38.4 Å². The summed E-state index contributed by atoms with van der Waals surface area (Å²) in [5.41, 5.74) is 4.78. The number of allylic oxidation sites excluding steroid dienone is 4. The molecule has 1 aliphatic heterocycles. The maximum Gasteiger partial charge on any atom is 0.174 e. The summed E-state index contributed by atoms with van der Waals surface area (Å²) in [6.45, 7) is 6.58. The molecular weight excluding hydrogens is 557 g/mol. The van der Waals surface area contributed by atoms with Crippen molar-refractivity contribution in [2.75, 3.05) is 33.5 Å². The number of carbonyl (C=O) groups excluding carboxylic acids is 2. The van der Waals surface area contributed by atoms with Crippen LogP contribution < -0.4 is 9.47 Å². The zero-order valence-corrected chi connectivity index (χ0v) is 23.2. The zero-order valence-electron chi connectivity index (χ0n) is 21.1. The monoisotopic (exact) mass is 593 g/mol. The molecule has 3 aliphatic rings. The van der Waals surface area contributed by atoms with E-state index >= 15 is 0 Å². The summed E-state index contributed by atoms with van der Waals surface area (Å²) in [5.74, 6) is 1.41. The van der Waals surface area contributed by atoms with Crippen LogP contribution in [0.1, 0.15) is 76.7 Å². The highest BCUT2D eigenvalue weighted by molar-refractivity contribution is 14.1. The third-order valence-corrected chi connectivity index (χ3v) is 7.73. The Bertz CT molecular complexity index is 1000. The van der Waals surface area contributed by atoms with Crippen LogP contribution in [-0.2, 0) is 14.3 Å². The van der Waals surface area contributed by atoms with Gasteiger partial charge in [-0.2, -0.15) is 0 Å². The molecule has 35 heavy (non-hydrogen) atoms. The molecule has 7 heteroatoms. The smallest absolute Gasteiger partial charge is 0.174 e. The number of benzene rings is 1. The number of ketones is 2. The van der Waals surface area contributed by atoms with Crippen molar-refractivity contribution >= 4 is 34.2 Å². The van der Waals surface area contributed by atoms with Gasteiger partial charge in [-0.15, -0.1) is 0 Å². The Morgan fingerprint density at radius 2 is 1.60 bits per heavy atom. The molecule has 190 valence electrons. The number of halogens is 1. The first-order chi connectivity index (χ1) is 17.0. The summed E-state index contributed by atoms with van der Waals surface area (Å²) in [6.07, 6.45) is 6.26. The minimum Gasteiger partial charge on any atom is -0.490 e. The highest BCUT2D eigenvalue weighted by Gasteiger charge is 2.43. The molecule has 0 fully saturated rings. The molecule has 4 rings (SSSR count). The lowest BCUT2D eigenvalue weighted by atomic mass is 9.71. The first kappa shape index (κ1) is 26.2. The van der Waals surface area contributed by atoms with Crippen LogP contribution in [0.2, 0.25) is 0 Å². The van der Waals surface area contributed by atoms with E-state index < -0.39 is 0 Å². The Balaban J connectivity index is 1.88. The molecule has 0 N–H and O–H groups in total. The van der Waals surface area contributed by atoms with Gasteiger partial charge < -0.3 is 19.1 Å². The fourth-order valence-corrected chi connectivity index (χ4v) is 6.33. The van der Waals surface area contributed by atoms with E-state index in [1.54, 1.807) is 7.11 Å². The topological polar surface area (TPSA) is 65.1 Å². The van der Waals surface area contributed by atoms with E-state index in [-0.39, 0.29) is 17.5 Å². The number of ether oxygens (including phenoxy) is 3. The van der Waals surface area contributed by atoms with Crippen LogP contribution in [-0.4, -0.2) is 49.9 Å². The van der Waals surface area contributed by atoms with Gasteiger partial charge in [-0.3, -0.25) is 9.59 Å². The van der Waals surface area contributed by atoms with Gasteiger partial charge in [-0.1, -0.05) is 6.92 Å². The predicted octanol–water partition coefficient (Wildman–Crippen LogP) is 5.93. The molecule has 0 amide bonds. The average Bonchev–Trinajstić information content (AvgIpc) is 2.84. The van der Waals surface area contributed by atoms with Crippen molar-refractivity contribution in [1.29, 1.82) is 0 Å². The molecule has 2 aliphatic carbocycles. The van der Waals surface area contributed by atoms with Gasteiger partial charge >= 0.3 is 0 Å². The lowest BCUT2D eigenvalue weighted by molar-refractivity contribution is -0.117. The van der Waals surface area contributed by atoms with E-state index in [1.807, 2.05) is 13.0 Å². The molecule has 0 saturated heterocycles. The van der Waals surface area contributed by atoms with Crippen LogP contribution in [0.4, 0.5) is 0 Å². The Hall–Kier alpha value is -1.87. The van der Waals surface area contributed by atoms with Crippen molar-refractivity contribution in [2.24, 2.45) is 0 Å². The van der Waals surface area contributed by atoms with Crippen LogP contribution in [0, 0.1) is 3.57 Å². The van der Waals surface area contributed by atoms with Crippen molar-refractivity contribution in [3.63, 3.8) is 0 Å². The van der Waals surface area contributed by atoms with E-state index in [2.05, 4.69) is 40.5 Å². The third kappa shape index (κ3) is 5.31. The van der Waals surface area contributed by atoms with E-state index in [4.69, 9.17) is 14.2 Å². The minimum absolute atomic E-state index is 0.164. The summed E-state index contributed by atoms with van der Waals surface area (Å²) in [6, 6.07) is 4.08. The molecule has 0 aromatic heterocycles. The lowest BCUT2D eigenvalue weighted by Gasteiger charge is -2.44. The predicted molar refractivity (Wildman–Crippen MR) is 144 cm³/mol. The highest BCUT2D eigenvalue weighted by atomic mass is 127. The Morgan fingerprint density at radius 1 is 0.943 bits per heavy atom. The van der Waals surface area contributed by atoms with Crippen LogP contribution in [0.5, 0.6) is 11.5 Å². The van der Waals surface area contributed by atoms with Gasteiger partial charge in [0.15, 0.2) is 23.1 Å². The highest BCUT2D eigenvalue weighted by Crippen LogP contribution is 2.50. The number of rotatable bonds is 10. The van der Waals surface area contributed by atoms with Crippen LogP contribution >= 0.6 is 22.6 Å². The van der Waals surface area contributed by atoms with Crippen LogP contribution in [0.3, 0.4) is 0 Å². The van der Waals surface area contributed by atoms with Crippen molar-refractivity contribution in [1.82, 2.24) is 4.90 Å². The maximum absolute atomic E-state index is 13.5. The second-order valence-corrected chi connectivity index (χ2v) is 10.5. The molecule has 0 spiro atoms.